The predicted molar refractivity (Wildman–Crippen MR) is 101 cm³/mol. The molecule has 3 aromatic heterocycles. The molecule has 10 heteroatoms. The topological polar surface area (TPSA) is 76.3 Å². The highest BCUT2D eigenvalue weighted by Gasteiger charge is 2.27. The molecule has 0 spiro atoms. The Morgan fingerprint density at radius 1 is 0.750 bits per heavy atom. The highest BCUT2D eigenvalue weighted by molar-refractivity contribution is 7.58. The standard InChI is InChI=1S/C14H8N6S4/c1-5-15-3-7(21-5)9-11-13(19-23-17-11)10(8-4-16-6(2)22-8)14-12(9)18-24-20-14/h3-4H,1-2H3. The van der Waals surface area contributed by atoms with Crippen LogP contribution in [0.15, 0.2) is 21.1 Å². The molecule has 0 fully saturated rings. The van der Waals surface area contributed by atoms with Crippen molar-refractivity contribution in [1.29, 1.82) is 0 Å². The summed E-state index contributed by atoms with van der Waals surface area (Å²) in [4.78, 5) is 10.9. The van der Waals surface area contributed by atoms with Gasteiger partial charge in [-0.2, -0.15) is 17.5 Å². The van der Waals surface area contributed by atoms with E-state index < -0.39 is 0 Å². The van der Waals surface area contributed by atoms with E-state index in [9.17, 15) is 0 Å². The number of nitrogens with zero attached hydrogens (tertiary/aromatic N) is 6. The highest BCUT2D eigenvalue weighted by atomic mass is 32.1. The van der Waals surface area contributed by atoms with E-state index in [4.69, 9.17) is 0 Å². The molecular weight excluding hydrogens is 380 g/mol. The Morgan fingerprint density at radius 2 is 1.25 bits per heavy atom. The maximum absolute atomic E-state index is 4.56. The van der Waals surface area contributed by atoms with E-state index in [1.807, 2.05) is 26.2 Å². The number of hydrogen-bond acceptors (Lipinski definition) is 9. The van der Waals surface area contributed by atoms with Gasteiger partial charge >= 0.3 is 0 Å². The van der Waals surface area contributed by atoms with Gasteiger partial charge in [0, 0.05) is 12.4 Å². The molecule has 0 saturated carbocycles. The Hall–Kier alpha value is -1.88. The molecule has 5 rings (SSSR count). The minimum atomic E-state index is 0.866. The minimum Gasteiger partial charge on any atom is -0.249 e. The van der Waals surface area contributed by atoms with Crippen LogP contribution in [0.3, 0.4) is 0 Å². The van der Waals surface area contributed by atoms with Gasteiger partial charge in [-0.15, -0.1) is 22.7 Å². The third-order valence-electron chi connectivity index (χ3n) is 3.66. The second-order valence-electron chi connectivity index (χ2n) is 5.16. The van der Waals surface area contributed by atoms with Gasteiger partial charge in [-0.25, -0.2) is 9.97 Å². The molecule has 1 aromatic carbocycles. The van der Waals surface area contributed by atoms with Crippen LogP contribution < -0.4 is 0 Å². The molecule has 0 bridgehead atoms. The summed E-state index contributed by atoms with van der Waals surface area (Å²) in [6.45, 7) is 3.99. The van der Waals surface area contributed by atoms with Gasteiger partial charge in [0.15, 0.2) is 0 Å². The van der Waals surface area contributed by atoms with Crippen molar-refractivity contribution in [3.05, 3.63) is 22.4 Å². The van der Waals surface area contributed by atoms with Crippen LogP contribution in [0.2, 0.25) is 0 Å². The lowest BCUT2D eigenvalue weighted by Crippen LogP contribution is -1.85. The largest absolute Gasteiger partial charge is 0.249 e. The normalized spacial score (nSPS) is 12.8. The number of rotatable bonds is 2. The fourth-order valence-corrected chi connectivity index (χ4v) is 5.45. The summed E-state index contributed by atoms with van der Waals surface area (Å²) < 4.78 is 18.2. The van der Waals surface area contributed by atoms with Crippen molar-refractivity contribution < 1.29 is 0 Å². The number of aromatic nitrogens is 4. The lowest BCUT2D eigenvalue weighted by Gasteiger charge is -2.08. The molecule has 0 amide bonds. The Bertz CT molecular complexity index is 1090. The second kappa shape index (κ2) is 5.31. The Kier molecular flexibility index (Phi) is 3.20. The van der Waals surface area contributed by atoms with Crippen molar-refractivity contribution >= 4 is 68.2 Å². The summed E-state index contributed by atoms with van der Waals surface area (Å²) in [5, 5.41) is 2.03. The Labute approximate surface area is 152 Å². The Balaban J connectivity index is 1.92. The van der Waals surface area contributed by atoms with Crippen LogP contribution in [0.25, 0.3) is 31.9 Å². The maximum Gasteiger partial charge on any atom is 0.116 e. The quantitative estimate of drug-likeness (QED) is 0.412. The van der Waals surface area contributed by atoms with Gasteiger partial charge in [0.1, 0.15) is 22.4 Å². The number of benzene rings is 1. The van der Waals surface area contributed by atoms with Crippen molar-refractivity contribution in [2.75, 3.05) is 0 Å². The first-order valence-electron chi connectivity index (χ1n) is 6.98. The third kappa shape index (κ3) is 2.04. The molecule has 0 saturated heterocycles. The fourth-order valence-electron chi connectivity index (χ4n) is 2.68. The molecule has 118 valence electrons. The first kappa shape index (κ1) is 14.5. The molecule has 0 atom stereocenters. The van der Waals surface area contributed by atoms with Gasteiger partial charge in [0.2, 0.25) is 0 Å². The van der Waals surface area contributed by atoms with Gasteiger partial charge in [-0.3, -0.25) is 0 Å². The zero-order chi connectivity index (χ0) is 16.3. The first-order valence-corrected chi connectivity index (χ1v) is 10.1. The highest BCUT2D eigenvalue weighted by Crippen LogP contribution is 2.53. The lowest BCUT2D eigenvalue weighted by molar-refractivity contribution is 1.30. The van der Waals surface area contributed by atoms with Crippen LogP contribution in [0.1, 0.15) is 10.0 Å². The van der Waals surface area contributed by atoms with E-state index in [0.717, 1.165) is 53.3 Å². The van der Waals surface area contributed by atoms with Gasteiger partial charge in [0.05, 0.1) is 54.0 Å². The van der Waals surface area contributed by atoms with Crippen molar-refractivity contribution in [1.82, 2.24) is 18.7 Å². The van der Waals surface area contributed by atoms with E-state index in [2.05, 4.69) is 27.4 Å². The number of fused-ring (bicyclic) bond motifs is 2. The van der Waals surface area contributed by atoms with Crippen LogP contribution >= 0.6 is 34.4 Å². The van der Waals surface area contributed by atoms with E-state index >= 15 is 0 Å². The molecule has 4 aromatic rings. The Morgan fingerprint density at radius 3 is 1.67 bits per heavy atom. The predicted octanol–water partition coefficient (Wildman–Crippen LogP) is 5.28. The van der Waals surface area contributed by atoms with Crippen molar-refractivity contribution in [2.24, 2.45) is 8.73 Å². The molecule has 0 N–H and O–H groups in total. The SMILES string of the molecule is Cc1ncc(-c2c3c(c(-c4cnc(C)s4)c4nsnc24)N=S=N3)s1. The summed E-state index contributed by atoms with van der Waals surface area (Å²) in [5.41, 5.74) is 5.43. The van der Waals surface area contributed by atoms with Crippen molar-refractivity contribution in [3.8, 4) is 20.9 Å². The summed E-state index contributed by atoms with van der Waals surface area (Å²) >= 11 is 5.70. The minimum absolute atomic E-state index is 0.866. The van der Waals surface area contributed by atoms with Gasteiger partial charge < -0.3 is 0 Å². The summed E-state index contributed by atoms with van der Waals surface area (Å²) in [5.74, 6) is 0. The van der Waals surface area contributed by atoms with Gasteiger partial charge in [0.25, 0.3) is 0 Å². The molecule has 1 aliphatic rings. The molecule has 6 nitrogen and oxygen atoms in total. The van der Waals surface area contributed by atoms with Crippen LogP contribution in [0.4, 0.5) is 11.4 Å². The monoisotopic (exact) mass is 388 g/mol. The van der Waals surface area contributed by atoms with Crippen molar-refractivity contribution in [3.63, 3.8) is 0 Å². The zero-order valence-corrected chi connectivity index (χ0v) is 15.7. The zero-order valence-electron chi connectivity index (χ0n) is 12.5. The third-order valence-corrected chi connectivity index (χ3v) is 6.58. The van der Waals surface area contributed by atoms with Crippen LogP contribution in [0, 0.1) is 13.8 Å². The van der Waals surface area contributed by atoms with Crippen LogP contribution in [0.5, 0.6) is 0 Å². The van der Waals surface area contributed by atoms with Gasteiger partial charge in [-0.05, 0) is 13.8 Å². The molecule has 1 aliphatic heterocycles. The smallest absolute Gasteiger partial charge is 0.116 e. The number of thiazole rings is 2. The molecule has 0 radical (unpaired) electrons. The number of aryl methyl sites for hydroxylation is 2. The van der Waals surface area contributed by atoms with E-state index in [1.54, 1.807) is 22.7 Å². The number of hydrogen-bond donors (Lipinski definition) is 0. The molecular formula is C14H8N6S4. The second-order valence-corrected chi connectivity index (χ2v) is 8.69. The molecule has 4 heterocycles. The average Bonchev–Trinajstić information content (AvgIpc) is 3.31. The fraction of sp³-hybridized carbons (Fsp3) is 0.143. The molecule has 0 aliphatic carbocycles. The van der Waals surface area contributed by atoms with E-state index in [-0.39, 0.29) is 0 Å². The van der Waals surface area contributed by atoms with Crippen LogP contribution in [-0.2, 0) is 11.4 Å². The summed E-state index contributed by atoms with van der Waals surface area (Å²) in [6, 6.07) is 0. The van der Waals surface area contributed by atoms with E-state index in [0.29, 0.717) is 0 Å². The molecule has 0 unspecified atom stereocenters. The molecule has 24 heavy (non-hydrogen) atoms. The summed E-state index contributed by atoms with van der Waals surface area (Å²) in [6.07, 6.45) is 3.76. The first-order chi connectivity index (χ1) is 11.7. The average molecular weight is 389 g/mol. The van der Waals surface area contributed by atoms with E-state index in [1.165, 1.54) is 23.1 Å². The summed E-state index contributed by atoms with van der Waals surface area (Å²) in [7, 11) is 0. The van der Waals surface area contributed by atoms with Crippen molar-refractivity contribution in [2.45, 2.75) is 13.8 Å². The lowest BCUT2D eigenvalue weighted by atomic mass is 10.0. The maximum atomic E-state index is 4.56. The van der Waals surface area contributed by atoms with Gasteiger partial charge in [-0.1, -0.05) is 0 Å². The van der Waals surface area contributed by atoms with Crippen LogP contribution in [-0.4, -0.2) is 18.7 Å².